The Morgan fingerprint density at radius 3 is 2.55 bits per heavy atom. The van der Waals surface area contributed by atoms with Gasteiger partial charge in [0, 0.05) is 10.2 Å². The molecule has 104 valence electrons. The Labute approximate surface area is 122 Å². The molecule has 0 saturated carbocycles. The van der Waals surface area contributed by atoms with Crippen molar-refractivity contribution >= 4 is 33.2 Å². The van der Waals surface area contributed by atoms with Gasteiger partial charge in [-0.2, -0.15) is 0 Å². The number of aryl methyl sites for hydroxylation is 1. The minimum atomic E-state index is -0.616. The minimum Gasteiger partial charge on any atom is -0.396 e. The van der Waals surface area contributed by atoms with Crippen LogP contribution in [0.4, 0.5) is 20.2 Å². The van der Waals surface area contributed by atoms with E-state index in [1.807, 2.05) is 0 Å². The molecule has 20 heavy (non-hydrogen) atoms. The lowest BCUT2D eigenvalue weighted by Gasteiger charge is -2.09. The lowest BCUT2D eigenvalue weighted by molar-refractivity contribution is 0.102. The number of anilines is 2. The fraction of sp³-hybridized carbons (Fsp3) is 0.0714. The van der Waals surface area contributed by atoms with E-state index in [0.717, 1.165) is 6.07 Å². The van der Waals surface area contributed by atoms with Crippen molar-refractivity contribution in [3.8, 4) is 0 Å². The number of amides is 1. The standard InChI is InChI=1S/C14H11BrF2N2O/c1-7-2-8(16)4-9(3-7)19-14(20)10-5-13(18)12(17)6-11(10)15/h2-6H,18H2,1H3,(H,19,20). The molecule has 0 fully saturated rings. The molecule has 0 radical (unpaired) electrons. The largest absolute Gasteiger partial charge is 0.396 e. The highest BCUT2D eigenvalue weighted by atomic mass is 79.9. The van der Waals surface area contributed by atoms with Crippen molar-refractivity contribution < 1.29 is 13.6 Å². The summed E-state index contributed by atoms with van der Waals surface area (Å²) in [5, 5.41) is 2.54. The molecule has 6 heteroatoms. The molecule has 0 aliphatic carbocycles. The maximum absolute atomic E-state index is 13.2. The van der Waals surface area contributed by atoms with E-state index in [1.165, 1.54) is 18.2 Å². The second kappa shape index (κ2) is 5.58. The lowest BCUT2D eigenvalue weighted by Crippen LogP contribution is -2.13. The normalized spacial score (nSPS) is 10.4. The van der Waals surface area contributed by atoms with Gasteiger partial charge in [-0.3, -0.25) is 4.79 Å². The number of hydrogen-bond acceptors (Lipinski definition) is 2. The molecule has 0 saturated heterocycles. The summed E-state index contributed by atoms with van der Waals surface area (Å²) in [6, 6.07) is 6.51. The number of carbonyl (C=O) groups excluding carboxylic acids is 1. The molecule has 0 aromatic heterocycles. The third-order valence-electron chi connectivity index (χ3n) is 2.63. The van der Waals surface area contributed by atoms with Gasteiger partial charge in [0.1, 0.15) is 11.6 Å². The van der Waals surface area contributed by atoms with E-state index in [9.17, 15) is 13.6 Å². The molecule has 0 spiro atoms. The first-order valence-electron chi connectivity index (χ1n) is 5.70. The Balaban J connectivity index is 2.30. The topological polar surface area (TPSA) is 55.1 Å². The first-order valence-corrected chi connectivity index (χ1v) is 6.49. The van der Waals surface area contributed by atoms with E-state index in [-0.39, 0.29) is 15.7 Å². The highest BCUT2D eigenvalue weighted by Crippen LogP contribution is 2.24. The zero-order valence-electron chi connectivity index (χ0n) is 10.5. The smallest absolute Gasteiger partial charge is 0.256 e. The van der Waals surface area contributed by atoms with Crippen molar-refractivity contribution in [3.05, 3.63) is 57.6 Å². The maximum atomic E-state index is 13.2. The molecular formula is C14H11BrF2N2O. The van der Waals surface area contributed by atoms with Crippen molar-refractivity contribution in [3.63, 3.8) is 0 Å². The Morgan fingerprint density at radius 2 is 1.90 bits per heavy atom. The second-order valence-corrected chi connectivity index (χ2v) is 5.18. The van der Waals surface area contributed by atoms with Crippen LogP contribution in [0.25, 0.3) is 0 Å². The molecule has 1 amide bonds. The van der Waals surface area contributed by atoms with Gasteiger partial charge in [-0.05, 0) is 58.7 Å². The average molecular weight is 341 g/mol. The van der Waals surface area contributed by atoms with Gasteiger partial charge in [-0.25, -0.2) is 8.78 Å². The predicted octanol–water partition coefficient (Wildman–Crippen LogP) is 3.87. The van der Waals surface area contributed by atoms with Crippen LogP contribution in [-0.2, 0) is 0 Å². The number of halogens is 3. The molecule has 2 aromatic rings. The number of nitrogen functional groups attached to an aromatic ring is 1. The van der Waals surface area contributed by atoms with Crippen molar-refractivity contribution in [2.75, 3.05) is 11.1 Å². The number of rotatable bonds is 2. The van der Waals surface area contributed by atoms with Crippen molar-refractivity contribution in [1.29, 1.82) is 0 Å². The predicted molar refractivity (Wildman–Crippen MR) is 77.6 cm³/mol. The maximum Gasteiger partial charge on any atom is 0.256 e. The fourth-order valence-electron chi connectivity index (χ4n) is 1.75. The van der Waals surface area contributed by atoms with Crippen molar-refractivity contribution in [2.24, 2.45) is 0 Å². The van der Waals surface area contributed by atoms with E-state index < -0.39 is 17.5 Å². The van der Waals surface area contributed by atoms with Gasteiger partial charge >= 0.3 is 0 Å². The van der Waals surface area contributed by atoms with E-state index in [1.54, 1.807) is 13.0 Å². The lowest BCUT2D eigenvalue weighted by atomic mass is 10.1. The van der Waals surface area contributed by atoms with E-state index in [0.29, 0.717) is 11.3 Å². The van der Waals surface area contributed by atoms with E-state index >= 15 is 0 Å². The first-order chi connectivity index (χ1) is 9.36. The zero-order chi connectivity index (χ0) is 14.9. The van der Waals surface area contributed by atoms with Crippen LogP contribution in [0.2, 0.25) is 0 Å². The Bertz CT molecular complexity index is 669. The summed E-state index contributed by atoms with van der Waals surface area (Å²) in [5.74, 6) is -1.57. The van der Waals surface area contributed by atoms with Crippen LogP contribution in [0.5, 0.6) is 0 Å². The van der Waals surface area contributed by atoms with Crippen LogP contribution < -0.4 is 11.1 Å². The van der Waals surface area contributed by atoms with Crippen LogP contribution in [-0.4, -0.2) is 5.91 Å². The van der Waals surface area contributed by atoms with Gasteiger partial charge in [-0.15, -0.1) is 0 Å². The molecule has 0 heterocycles. The Hall–Kier alpha value is -1.95. The number of nitrogens with two attached hydrogens (primary N) is 1. The van der Waals surface area contributed by atoms with Crippen LogP contribution in [0.15, 0.2) is 34.8 Å². The SMILES string of the molecule is Cc1cc(F)cc(NC(=O)c2cc(N)c(F)cc2Br)c1. The van der Waals surface area contributed by atoms with Gasteiger partial charge < -0.3 is 11.1 Å². The number of benzene rings is 2. The van der Waals surface area contributed by atoms with Gasteiger partial charge in [0.05, 0.1) is 11.3 Å². The van der Waals surface area contributed by atoms with Gasteiger partial charge in [0.15, 0.2) is 0 Å². The number of nitrogens with one attached hydrogen (secondary N) is 1. The molecule has 3 N–H and O–H groups in total. The molecule has 2 rings (SSSR count). The summed E-state index contributed by atoms with van der Waals surface area (Å²) < 4.78 is 26.7. The van der Waals surface area contributed by atoms with Gasteiger partial charge in [0.25, 0.3) is 5.91 Å². The van der Waals surface area contributed by atoms with Crippen LogP contribution >= 0.6 is 15.9 Å². The number of hydrogen-bond donors (Lipinski definition) is 2. The van der Waals surface area contributed by atoms with Crippen molar-refractivity contribution in [1.82, 2.24) is 0 Å². The first kappa shape index (κ1) is 14.5. The summed E-state index contributed by atoms with van der Waals surface area (Å²) in [7, 11) is 0. The summed E-state index contributed by atoms with van der Waals surface area (Å²) >= 11 is 3.09. The molecule has 0 aliphatic rings. The third kappa shape index (κ3) is 3.14. The number of carbonyl (C=O) groups is 1. The molecule has 0 atom stereocenters. The summed E-state index contributed by atoms with van der Waals surface area (Å²) in [6.45, 7) is 1.71. The minimum absolute atomic E-state index is 0.131. The molecule has 0 unspecified atom stereocenters. The molecule has 3 nitrogen and oxygen atoms in total. The monoisotopic (exact) mass is 340 g/mol. The average Bonchev–Trinajstić information content (AvgIpc) is 2.32. The summed E-state index contributed by atoms with van der Waals surface area (Å²) in [5.41, 5.74) is 6.47. The highest BCUT2D eigenvalue weighted by Gasteiger charge is 2.14. The fourth-order valence-corrected chi connectivity index (χ4v) is 2.24. The van der Waals surface area contributed by atoms with E-state index in [4.69, 9.17) is 5.73 Å². The highest BCUT2D eigenvalue weighted by molar-refractivity contribution is 9.10. The summed E-state index contributed by atoms with van der Waals surface area (Å²) in [6.07, 6.45) is 0. The van der Waals surface area contributed by atoms with Gasteiger partial charge in [-0.1, -0.05) is 0 Å². The third-order valence-corrected chi connectivity index (χ3v) is 3.29. The summed E-state index contributed by atoms with van der Waals surface area (Å²) in [4.78, 5) is 12.1. The second-order valence-electron chi connectivity index (χ2n) is 4.32. The Kier molecular flexibility index (Phi) is 4.04. The Morgan fingerprint density at radius 1 is 1.20 bits per heavy atom. The molecular weight excluding hydrogens is 330 g/mol. The van der Waals surface area contributed by atoms with Crippen LogP contribution in [0.1, 0.15) is 15.9 Å². The molecule has 0 bridgehead atoms. The van der Waals surface area contributed by atoms with Crippen LogP contribution in [0.3, 0.4) is 0 Å². The quantitative estimate of drug-likeness (QED) is 0.815. The van der Waals surface area contributed by atoms with E-state index in [2.05, 4.69) is 21.2 Å². The van der Waals surface area contributed by atoms with Crippen LogP contribution in [0, 0.1) is 18.6 Å². The molecule has 2 aromatic carbocycles. The zero-order valence-corrected chi connectivity index (χ0v) is 12.1. The van der Waals surface area contributed by atoms with Gasteiger partial charge in [0.2, 0.25) is 0 Å². The van der Waals surface area contributed by atoms with Crippen molar-refractivity contribution in [2.45, 2.75) is 6.92 Å². The molecule has 0 aliphatic heterocycles.